The summed E-state index contributed by atoms with van der Waals surface area (Å²) >= 11 is 0. The lowest BCUT2D eigenvalue weighted by atomic mass is 10.2. The maximum atomic E-state index is 12.0. The van der Waals surface area contributed by atoms with Crippen molar-refractivity contribution in [3.63, 3.8) is 0 Å². The molecule has 2 nitrogen and oxygen atoms in total. The van der Waals surface area contributed by atoms with Gasteiger partial charge in [0.1, 0.15) is 0 Å². The second-order valence-corrected chi connectivity index (χ2v) is 5.40. The highest BCUT2D eigenvalue weighted by Gasteiger charge is 2.37. The molecular weight excluding hydrogens is 174 g/mol. The molecule has 0 aromatic rings. The summed E-state index contributed by atoms with van der Waals surface area (Å²) < 4.78 is 0. The lowest BCUT2D eigenvalue weighted by Gasteiger charge is -2.22. The summed E-state index contributed by atoms with van der Waals surface area (Å²) in [5, 5.41) is 0. The molecule has 3 rings (SSSR count). The van der Waals surface area contributed by atoms with Crippen LogP contribution in [0.2, 0.25) is 0 Å². The molecule has 14 heavy (non-hydrogen) atoms. The molecule has 78 valence electrons. The highest BCUT2D eigenvalue weighted by molar-refractivity contribution is 5.81. The van der Waals surface area contributed by atoms with Crippen molar-refractivity contribution in [1.29, 1.82) is 0 Å². The summed E-state index contributed by atoms with van der Waals surface area (Å²) in [5.41, 5.74) is 0. The molecule has 3 fully saturated rings. The molecule has 0 aromatic carbocycles. The molecule has 1 amide bonds. The van der Waals surface area contributed by atoms with Crippen LogP contribution in [-0.2, 0) is 4.79 Å². The van der Waals surface area contributed by atoms with Gasteiger partial charge >= 0.3 is 0 Å². The Bertz CT molecular complexity index is 225. The van der Waals surface area contributed by atoms with Crippen molar-refractivity contribution < 1.29 is 4.79 Å². The number of nitrogens with zero attached hydrogens (tertiary/aromatic N) is 1. The third-order valence-corrected chi connectivity index (χ3v) is 3.59. The Morgan fingerprint density at radius 2 is 1.43 bits per heavy atom. The first-order valence-corrected chi connectivity index (χ1v) is 6.11. The Hall–Kier alpha value is -0.530. The number of carbonyl (C=O) groups is 1. The number of amides is 1. The molecule has 0 aliphatic heterocycles. The highest BCUT2D eigenvalue weighted by Crippen LogP contribution is 2.37. The van der Waals surface area contributed by atoms with Crippen LogP contribution in [0.1, 0.15) is 38.5 Å². The first kappa shape index (κ1) is 8.75. The van der Waals surface area contributed by atoms with E-state index in [1.54, 1.807) is 0 Å². The topological polar surface area (TPSA) is 20.3 Å². The molecule has 0 unspecified atom stereocenters. The molecule has 3 saturated carbocycles. The van der Waals surface area contributed by atoms with Crippen LogP contribution in [0.15, 0.2) is 0 Å². The van der Waals surface area contributed by atoms with E-state index in [0.717, 1.165) is 37.8 Å². The quantitative estimate of drug-likeness (QED) is 0.654. The van der Waals surface area contributed by atoms with E-state index in [4.69, 9.17) is 0 Å². The van der Waals surface area contributed by atoms with Gasteiger partial charge in [-0.15, -0.1) is 0 Å². The minimum Gasteiger partial charge on any atom is -0.342 e. The van der Waals surface area contributed by atoms with Crippen LogP contribution in [0, 0.1) is 17.8 Å². The van der Waals surface area contributed by atoms with Crippen LogP contribution < -0.4 is 0 Å². The molecule has 2 heteroatoms. The fourth-order valence-electron chi connectivity index (χ4n) is 2.07. The van der Waals surface area contributed by atoms with E-state index in [1.807, 2.05) is 0 Å². The first-order valence-electron chi connectivity index (χ1n) is 6.11. The molecule has 0 saturated heterocycles. The zero-order valence-electron chi connectivity index (χ0n) is 8.74. The van der Waals surface area contributed by atoms with E-state index in [1.165, 1.54) is 25.7 Å². The summed E-state index contributed by atoms with van der Waals surface area (Å²) in [4.78, 5) is 14.1. The van der Waals surface area contributed by atoms with Crippen LogP contribution >= 0.6 is 0 Å². The lowest BCUT2D eigenvalue weighted by molar-refractivity contribution is -0.133. The maximum absolute atomic E-state index is 12.0. The van der Waals surface area contributed by atoms with Crippen molar-refractivity contribution in [3.05, 3.63) is 0 Å². The number of hydrogen-bond acceptors (Lipinski definition) is 1. The minimum absolute atomic E-state index is 0.424. The molecule has 0 spiro atoms. The van der Waals surface area contributed by atoms with Crippen molar-refractivity contribution in [1.82, 2.24) is 4.90 Å². The van der Waals surface area contributed by atoms with Crippen LogP contribution in [0.3, 0.4) is 0 Å². The zero-order chi connectivity index (χ0) is 9.54. The van der Waals surface area contributed by atoms with E-state index in [9.17, 15) is 4.79 Å². The zero-order valence-corrected chi connectivity index (χ0v) is 8.74. The Balaban J connectivity index is 1.56. The predicted octanol–water partition coefficient (Wildman–Crippen LogP) is 2.04. The van der Waals surface area contributed by atoms with Gasteiger partial charge in [-0.05, 0) is 50.4 Å². The molecule has 0 bridgehead atoms. The van der Waals surface area contributed by atoms with Gasteiger partial charge in [0.15, 0.2) is 0 Å². The molecule has 0 aromatic heterocycles. The summed E-state index contributed by atoms with van der Waals surface area (Å²) in [7, 11) is 0. The van der Waals surface area contributed by atoms with E-state index in [2.05, 4.69) is 4.90 Å². The molecule has 0 atom stereocenters. The largest absolute Gasteiger partial charge is 0.342 e. The Morgan fingerprint density at radius 1 is 0.929 bits per heavy atom. The fourth-order valence-corrected chi connectivity index (χ4v) is 2.07. The smallest absolute Gasteiger partial charge is 0.225 e. The number of rotatable bonds is 5. The maximum Gasteiger partial charge on any atom is 0.225 e. The van der Waals surface area contributed by atoms with Gasteiger partial charge in [-0.3, -0.25) is 4.79 Å². The van der Waals surface area contributed by atoms with Gasteiger partial charge in [-0.1, -0.05) is 0 Å². The van der Waals surface area contributed by atoms with Crippen LogP contribution in [0.25, 0.3) is 0 Å². The van der Waals surface area contributed by atoms with Gasteiger partial charge in [0, 0.05) is 19.0 Å². The van der Waals surface area contributed by atoms with Crippen LogP contribution in [0.4, 0.5) is 0 Å². The first-order chi connectivity index (χ1) is 6.83. The van der Waals surface area contributed by atoms with Gasteiger partial charge in [0.2, 0.25) is 5.91 Å². The van der Waals surface area contributed by atoms with Gasteiger partial charge in [0.25, 0.3) is 0 Å². The van der Waals surface area contributed by atoms with Crippen molar-refractivity contribution in [3.8, 4) is 0 Å². The summed E-state index contributed by atoms with van der Waals surface area (Å²) in [6.45, 7) is 2.15. The molecular formula is C12H19NO. The van der Waals surface area contributed by atoms with Crippen molar-refractivity contribution >= 4 is 5.91 Å². The minimum atomic E-state index is 0.424. The molecule has 3 aliphatic rings. The van der Waals surface area contributed by atoms with Gasteiger partial charge < -0.3 is 4.90 Å². The number of hydrogen-bond donors (Lipinski definition) is 0. The predicted molar refractivity (Wildman–Crippen MR) is 54.8 cm³/mol. The standard InChI is InChI=1S/C12H19NO/c14-12(11-5-6-11)13(7-9-1-2-9)8-10-3-4-10/h9-11H,1-8H2. The van der Waals surface area contributed by atoms with Crippen LogP contribution in [-0.4, -0.2) is 23.9 Å². The van der Waals surface area contributed by atoms with E-state index >= 15 is 0 Å². The molecule has 0 radical (unpaired) electrons. The summed E-state index contributed by atoms with van der Waals surface area (Å²) in [6, 6.07) is 0. The summed E-state index contributed by atoms with van der Waals surface area (Å²) in [5.74, 6) is 2.61. The molecule has 3 aliphatic carbocycles. The highest BCUT2D eigenvalue weighted by atomic mass is 16.2. The lowest BCUT2D eigenvalue weighted by Crippen LogP contribution is -2.35. The van der Waals surface area contributed by atoms with Crippen molar-refractivity contribution in [2.75, 3.05) is 13.1 Å². The normalized spacial score (nSPS) is 26.3. The van der Waals surface area contributed by atoms with Crippen molar-refractivity contribution in [2.24, 2.45) is 17.8 Å². The van der Waals surface area contributed by atoms with Crippen LogP contribution in [0.5, 0.6) is 0 Å². The van der Waals surface area contributed by atoms with E-state index < -0.39 is 0 Å². The van der Waals surface area contributed by atoms with E-state index in [0.29, 0.717) is 11.8 Å². The monoisotopic (exact) mass is 193 g/mol. The van der Waals surface area contributed by atoms with E-state index in [-0.39, 0.29) is 0 Å². The van der Waals surface area contributed by atoms with Crippen molar-refractivity contribution in [2.45, 2.75) is 38.5 Å². The molecule has 0 N–H and O–H groups in total. The van der Waals surface area contributed by atoms with Gasteiger partial charge in [0.05, 0.1) is 0 Å². The van der Waals surface area contributed by atoms with Gasteiger partial charge in [-0.2, -0.15) is 0 Å². The average Bonchev–Trinajstić information content (AvgIpc) is 2.96. The second kappa shape index (κ2) is 3.25. The third kappa shape index (κ3) is 2.10. The number of carbonyl (C=O) groups excluding carboxylic acids is 1. The molecule has 0 heterocycles. The Labute approximate surface area is 85.7 Å². The Morgan fingerprint density at radius 3 is 1.79 bits per heavy atom. The average molecular weight is 193 g/mol. The summed E-state index contributed by atoms with van der Waals surface area (Å²) in [6.07, 6.45) is 7.76. The Kier molecular flexibility index (Phi) is 2.03. The van der Waals surface area contributed by atoms with Gasteiger partial charge in [-0.25, -0.2) is 0 Å². The third-order valence-electron chi connectivity index (χ3n) is 3.59. The fraction of sp³-hybridized carbons (Fsp3) is 0.917. The second-order valence-electron chi connectivity index (χ2n) is 5.40. The SMILES string of the molecule is O=C(C1CC1)N(CC1CC1)CC1CC1.